The summed E-state index contributed by atoms with van der Waals surface area (Å²) in [5, 5.41) is 3.06. The lowest BCUT2D eigenvalue weighted by atomic mass is 9.91. The lowest BCUT2D eigenvalue weighted by Crippen LogP contribution is -2.47. The Morgan fingerprint density at radius 2 is 2.00 bits per heavy atom. The number of rotatable bonds is 4. The summed E-state index contributed by atoms with van der Waals surface area (Å²) in [5.41, 5.74) is 9.74. The van der Waals surface area contributed by atoms with Gasteiger partial charge in [0.1, 0.15) is 0 Å². The molecule has 1 amide bonds. The minimum absolute atomic E-state index is 0.0247. The molecule has 4 nitrogen and oxygen atoms in total. The second-order valence-corrected chi connectivity index (χ2v) is 5.99. The molecule has 1 aliphatic rings. The third-order valence-corrected chi connectivity index (χ3v) is 4.55. The Kier molecular flexibility index (Phi) is 5.37. The number of nitrogens with one attached hydrogen (secondary N) is 1. The van der Waals surface area contributed by atoms with Gasteiger partial charge in [0.2, 0.25) is 5.91 Å². The molecule has 2 rings (SSSR count). The van der Waals surface area contributed by atoms with E-state index < -0.39 is 6.04 Å². The van der Waals surface area contributed by atoms with Crippen LogP contribution in [0.3, 0.4) is 0 Å². The maximum Gasteiger partial charge on any atom is 0.237 e. The van der Waals surface area contributed by atoms with Crippen LogP contribution in [-0.4, -0.2) is 25.2 Å². The third-order valence-electron chi connectivity index (χ3n) is 4.55. The van der Waals surface area contributed by atoms with Gasteiger partial charge in [-0.1, -0.05) is 18.2 Å². The highest BCUT2D eigenvalue weighted by Gasteiger charge is 2.27. The first-order chi connectivity index (χ1) is 10.0. The van der Waals surface area contributed by atoms with Gasteiger partial charge in [-0.2, -0.15) is 0 Å². The molecule has 2 unspecified atom stereocenters. The molecule has 0 aromatic heterocycles. The van der Waals surface area contributed by atoms with E-state index in [1.807, 2.05) is 13.0 Å². The SMILES string of the molecule is Cc1cccc(C(C)NC(=O)C(N)C2CCOCC2)c1C. The largest absolute Gasteiger partial charge is 0.381 e. The summed E-state index contributed by atoms with van der Waals surface area (Å²) in [5.74, 6) is 0.167. The number of carbonyl (C=O) groups is 1. The van der Waals surface area contributed by atoms with Gasteiger partial charge < -0.3 is 15.8 Å². The molecule has 2 atom stereocenters. The molecule has 0 saturated carbocycles. The quantitative estimate of drug-likeness (QED) is 0.894. The standard InChI is InChI=1S/C17H26N2O2/c1-11-5-4-6-15(12(11)2)13(3)19-17(20)16(18)14-7-9-21-10-8-14/h4-6,13-14,16H,7-10,18H2,1-3H3,(H,19,20). The molecule has 116 valence electrons. The number of carbonyl (C=O) groups excluding carboxylic acids is 1. The first-order valence-corrected chi connectivity index (χ1v) is 7.70. The van der Waals surface area contributed by atoms with Gasteiger partial charge in [-0.15, -0.1) is 0 Å². The van der Waals surface area contributed by atoms with Crippen molar-refractivity contribution >= 4 is 5.91 Å². The van der Waals surface area contributed by atoms with E-state index in [-0.39, 0.29) is 17.9 Å². The highest BCUT2D eigenvalue weighted by molar-refractivity contribution is 5.82. The van der Waals surface area contributed by atoms with E-state index in [1.165, 1.54) is 11.1 Å². The van der Waals surface area contributed by atoms with Gasteiger partial charge in [0, 0.05) is 13.2 Å². The zero-order chi connectivity index (χ0) is 15.4. The van der Waals surface area contributed by atoms with Gasteiger partial charge in [-0.3, -0.25) is 4.79 Å². The summed E-state index contributed by atoms with van der Waals surface area (Å²) in [6.45, 7) is 7.60. The van der Waals surface area contributed by atoms with Gasteiger partial charge >= 0.3 is 0 Å². The van der Waals surface area contributed by atoms with Crippen LogP contribution >= 0.6 is 0 Å². The summed E-state index contributed by atoms with van der Waals surface area (Å²) >= 11 is 0. The van der Waals surface area contributed by atoms with Crippen LogP contribution in [0.15, 0.2) is 18.2 Å². The van der Waals surface area contributed by atoms with Crippen LogP contribution < -0.4 is 11.1 Å². The second-order valence-electron chi connectivity index (χ2n) is 5.99. The van der Waals surface area contributed by atoms with E-state index in [9.17, 15) is 4.79 Å². The Hall–Kier alpha value is -1.39. The minimum atomic E-state index is -0.443. The fourth-order valence-electron chi connectivity index (χ4n) is 2.92. The number of ether oxygens (including phenoxy) is 1. The Morgan fingerprint density at radius 3 is 2.67 bits per heavy atom. The Bertz CT molecular complexity index is 496. The van der Waals surface area contributed by atoms with Crippen molar-refractivity contribution in [3.05, 3.63) is 34.9 Å². The molecule has 21 heavy (non-hydrogen) atoms. The molecule has 3 N–H and O–H groups in total. The monoisotopic (exact) mass is 290 g/mol. The van der Waals surface area contributed by atoms with E-state index in [4.69, 9.17) is 10.5 Å². The van der Waals surface area contributed by atoms with Crippen LogP contribution in [0.5, 0.6) is 0 Å². The number of nitrogens with two attached hydrogens (primary N) is 1. The van der Waals surface area contributed by atoms with Crippen molar-refractivity contribution in [2.45, 2.75) is 45.7 Å². The van der Waals surface area contributed by atoms with Crippen LogP contribution in [0.25, 0.3) is 0 Å². The van der Waals surface area contributed by atoms with Crippen molar-refractivity contribution in [2.24, 2.45) is 11.7 Å². The normalized spacial score (nSPS) is 19.0. The predicted octanol–water partition coefficient (Wildman–Crippen LogP) is 2.23. The first kappa shape index (κ1) is 16.0. The summed E-state index contributed by atoms with van der Waals surface area (Å²) in [7, 11) is 0. The van der Waals surface area contributed by atoms with Crippen LogP contribution in [0.2, 0.25) is 0 Å². The van der Waals surface area contributed by atoms with Gasteiger partial charge in [0.15, 0.2) is 0 Å². The fraction of sp³-hybridized carbons (Fsp3) is 0.588. The predicted molar refractivity (Wildman–Crippen MR) is 84.0 cm³/mol. The topological polar surface area (TPSA) is 64.4 Å². The molecule has 1 aromatic carbocycles. The highest BCUT2D eigenvalue weighted by atomic mass is 16.5. The number of hydrogen-bond donors (Lipinski definition) is 2. The highest BCUT2D eigenvalue weighted by Crippen LogP contribution is 2.22. The van der Waals surface area contributed by atoms with Gasteiger partial charge in [0.25, 0.3) is 0 Å². The molecule has 1 saturated heterocycles. The summed E-state index contributed by atoms with van der Waals surface area (Å²) < 4.78 is 5.32. The van der Waals surface area contributed by atoms with Crippen LogP contribution in [-0.2, 0) is 9.53 Å². The molecule has 1 heterocycles. The Balaban J connectivity index is 1.99. The van der Waals surface area contributed by atoms with E-state index in [0.29, 0.717) is 13.2 Å². The minimum Gasteiger partial charge on any atom is -0.381 e. The first-order valence-electron chi connectivity index (χ1n) is 7.70. The maximum absolute atomic E-state index is 12.3. The maximum atomic E-state index is 12.3. The lowest BCUT2D eigenvalue weighted by Gasteiger charge is -2.28. The van der Waals surface area contributed by atoms with E-state index in [0.717, 1.165) is 18.4 Å². The summed E-state index contributed by atoms with van der Waals surface area (Å²) in [6.07, 6.45) is 1.74. The molecule has 0 bridgehead atoms. The molecule has 0 radical (unpaired) electrons. The smallest absolute Gasteiger partial charge is 0.237 e. The van der Waals surface area contributed by atoms with Crippen molar-refractivity contribution in [3.8, 4) is 0 Å². The van der Waals surface area contributed by atoms with Crippen LogP contribution in [0.1, 0.15) is 42.5 Å². The third kappa shape index (κ3) is 3.83. The fourth-order valence-corrected chi connectivity index (χ4v) is 2.92. The Labute approximate surface area is 127 Å². The molecule has 1 aromatic rings. The van der Waals surface area contributed by atoms with Gasteiger partial charge in [0.05, 0.1) is 12.1 Å². The molecule has 0 spiro atoms. The van der Waals surface area contributed by atoms with Crippen molar-refractivity contribution in [1.29, 1.82) is 0 Å². The van der Waals surface area contributed by atoms with Gasteiger partial charge in [-0.25, -0.2) is 0 Å². The number of aryl methyl sites for hydroxylation is 1. The van der Waals surface area contributed by atoms with Gasteiger partial charge in [-0.05, 0) is 56.2 Å². The van der Waals surface area contributed by atoms with Crippen LogP contribution in [0.4, 0.5) is 0 Å². The van der Waals surface area contributed by atoms with Crippen molar-refractivity contribution in [2.75, 3.05) is 13.2 Å². The van der Waals surface area contributed by atoms with E-state index in [1.54, 1.807) is 0 Å². The van der Waals surface area contributed by atoms with Crippen molar-refractivity contribution < 1.29 is 9.53 Å². The Morgan fingerprint density at radius 1 is 1.33 bits per heavy atom. The average Bonchev–Trinajstić information content (AvgIpc) is 2.50. The van der Waals surface area contributed by atoms with E-state index in [2.05, 4.69) is 31.3 Å². The van der Waals surface area contributed by atoms with Crippen molar-refractivity contribution in [3.63, 3.8) is 0 Å². The number of amides is 1. The average molecular weight is 290 g/mol. The number of hydrogen-bond acceptors (Lipinski definition) is 3. The summed E-state index contributed by atoms with van der Waals surface area (Å²) in [4.78, 5) is 12.3. The molecule has 1 fully saturated rings. The molecule has 4 heteroatoms. The van der Waals surface area contributed by atoms with E-state index >= 15 is 0 Å². The molecule has 1 aliphatic heterocycles. The second kappa shape index (κ2) is 7.05. The number of benzene rings is 1. The zero-order valence-electron chi connectivity index (χ0n) is 13.2. The molecule has 0 aliphatic carbocycles. The molecular weight excluding hydrogens is 264 g/mol. The summed E-state index contributed by atoms with van der Waals surface area (Å²) in [6, 6.07) is 5.71. The molecular formula is C17H26N2O2. The zero-order valence-corrected chi connectivity index (χ0v) is 13.2. The van der Waals surface area contributed by atoms with Crippen molar-refractivity contribution in [1.82, 2.24) is 5.32 Å². The van der Waals surface area contributed by atoms with Crippen LogP contribution in [0, 0.1) is 19.8 Å². The lowest BCUT2D eigenvalue weighted by molar-refractivity contribution is -0.125.